The van der Waals surface area contributed by atoms with Crippen molar-refractivity contribution in [3.8, 4) is 5.75 Å². The summed E-state index contributed by atoms with van der Waals surface area (Å²) in [7, 11) is 0. The van der Waals surface area contributed by atoms with Crippen molar-refractivity contribution in [3.05, 3.63) is 68.9 Å². The molecule has 0 saturated carbocycles. The average molecular weight is 561 g/mol. The van der Waals surface area contributed by atoms with Crippen LogP contribution >= 0.6 is 23.2 Å². The molecule has 1 saturated heterocycles. The second kappa shape index (κ2) is 13.4. The van der Waals surface area contributed by atoms with E-state index in [1.54, 1.807) is 6.07 Å². The molecular weight excluding hydrogens is 525 g/mol. The molecule has 1 aromatic heterocycles. The number of aromatic nitrogens is 1. The predicted molar refractivity (Wildman–Crippen MR) is 154 cm³/mol. The van der Waals surface area contributed by atoms with Crippen LogP contribution in [0.5, 0.6) is 5.75 Å². The van der Waals surface area contributed by atoms with Crippen LogP contribution in [-0.4, -0.2) is 54.8 Å². The summed E-state index contributed by atoms with van der Waals surface area (Å²) in [4.78, 5) is 29.3. The van der Waals surface area contributed by atoms with Gasteiger partial charge in [-0.3, -0.25) is 19.1 Å². The van der Waals surface area contributed by atoms with Gasteiger partial charge >= 0.3 is 5.97 Å². The summed E-state index contributed by atoms with van der Waals surface area (Å²) in [6.07, 6.45) is 2.64. The number of ether oxygens (including phenoxy) is 2. The molecule has 0 spiro atoms. The minimum atomic E-state index is -0.307. The second-order valence-corrected chi connectivity index (χ2v) is 10.5. The Morgan fingerprint density at radius 1 is 1.03 bits per heavy atom. The zero-order valence-electron chi connectivity index (χ0n) is 22.0. The normalized spacial score (nSPS) is 15.0. The molecular formula is C29H35Cl2N3O4. The maximum absolute atomic E-state index is 12.5. The Kier molecular flexibility index (Phi) is 9.94. The fourth-order valence-corrected chi connectivity index (χ4v) is 4.92. The van der Waals surface area contributed by atoms with E-state index in [9.17, 15) is 9.59 Å². The quantitative estimate of drug-likeness (QED) is 0.217. The van der Waals surface area contributed by atoms with Crippen LogP contribution in [0.15, 0.2) is 53.3 Å². The van der Waals surface area contributed by atoms with Crippen LogP contribution in [0, 0.1) is 5.92 Å². The van der Waals surface area contributed by atoms with Gasteiger partial charge in [-0.25, -0.2) is 0 Å². The number of hydrogen-bond donors (Lipinski definition) is 0. The van der Waals surface area contributed by atoms with E-state index in [0.717, 1.165) is 56.6 Å². The van der Waals surface area contributed by atoms with Crippen LogP contribution in [0.4, 0.5) is 5.69 Å². The lowest BCUT2D eigenvalue weighted by molar-refractivity contribution is -0.151. The van der Waals surface area contributed by atoms with Gasteiger partial charge in [0.1, 0.15) is 5.75 Å². The monoisotopic (exact) mass is 559 g/mol. The number of carbonyl (C=O) groups excluding carboxylic acids is 1. The first-order valence-electron chi connectivity index (χ1n) is 13.2. The molecule has 0 aliphatic carbocycles. The van der Waals surface area contributed by atoms with E-state index in [1.807, 2.05) is 50.2 Å². The Hall–Kier alpha value is -2.74. The number of hydrogen-bond acceptors (Lipinski definition) is 6. The first-order chi connectivity index (χ1) is 18.4. The van der Waals surface area contributed by atoms with Crippen LogP contribution < -0.4 is 15.2 Å². The highest BCUT2D eigenvalue weighted by Crippen LogP contribution is 2.32. The van der Waals surface area contributed by atoms with Gasteiger partial charge in [0.2, 0.25) is 0 Å². The highest BCUT2D eigenvalue weighted by atomic mass is 35.5. The van der Waals surface area contributed by atoms with Gasteiger partial charge in [0.25, 0.3) is 5.56 Å². The molecule has 9 heteroatoms. The summed E-state index contributed by atoms with van der Waals surface area (Å²) in [5.74, 6) is 0.181. The summed E-state index contributed by atoms with van der Waals surface area (Å²) in [6, 6.07) is 14.7. The number of esters is 1. The third-order valence-electron chi connectivity index (χ3n) is 7.10. The van der Waals surface area contributed by atoms with Crippen LogP contribution in [0.1, 0.15) is 33.1 Å². The molecule has 0 bridgehead atoms. The highest BCUT2D eigenvalue weighted by Gasteiger charge is 2.19. The van der Waals surface area contributed by atoms with E-state index >= 15 is 0 Å². The van der Waals surface area contributed by atoms with Crippen molar-refractivity contribution in [1.82, 2.24) is 9.47 Å². The Bertz CT molecular complexity index is 1300. The first kappa shape index (κ1) is 28.3. The van der Waals surface area contributed by atoms with Gasteiger partial charge in [-0.05, 0) is 61.5 Å². The van der Waals surface area contributed by atoms with E-state index in [-0.39, 0.29) is 24.2 Å². The number of piperazine rings is 1. The summed E-state index contributed by atoms with van der Waals surface area (Å²) in [5, 5.41) is 2.10. The Morgan fingerprint density at radius 2 is 1.79 bits per heavy atom. The molecule has 0 amide bonds. The van der Waals surface area contributed by atoms with Crippen molar-refractivity contribution >= 4 is 45.8 Å². The fraction of sp³-hybridized carbons (Fsp3) is 0.448. The summed E-state index contributed by atoms with van der Waals surface area (Å²) < 4.78 is 12.9. The summed E-state index contributed by atoms with van der Waals surface area (Å²) in [5.41, 5.74) is 1.47. The van der Waals surface area contributed by atoms with Gasteiger partial charge in [-0.2, -0.15) is 0 Å². The molecule has 1 unspecified atom stereocenters. The van der Waals surface area contributed by atoms with Gasteiger partial charge in [-0.15, -0.1) is 0 Å². The minimum absolute atomic E-state index is 0.112. The fourth-order valence-electron chi connectivity index (χ4n) is 4.50. The number of halogens is 2. The lowest BCUT2D eigenvalue weighted by Crippen LogP contribution is -2.46. The van der Waals surface area contributed by atoms with E-state index < -0.39 is 0 Å². The summed E-state index contributed by atoms with van der Waals surface area (Å²) >= 11 is 12.6. The van der Waals surface area contributed by atoms with Crippen LogP contribution in [0.25, 0.3) is 10.9 Å². The molecule has 1 atom stereocenters. The van der Waals surface area contributed by atoms with Crippen molar-refractivity contribution in [2.75, 3.05) is 44.2 Å². The molecule has 7 nitrogen and oxygen atoms in total. The minimum Gasteiger partial charge on any atom is -0.494 e. The molecule has 1 aliphatic heterocycles. The van der Waals surface area contributed by atoms with Crippen molar-refractivity contribution in [2.24, 2.45) is 5.92 Å². The second-order valence-electron chi connectivity index (χ2n) is 9.68. The van der Waals surface area contributed by atoms with Crippen molar-refractivity contribution < 1.29 is 14.3 Å². The van der Waals surface area contributed by atoms with E-state index in [2.05, 4.69) is 9.80 Å². The number of pyridine rings is 1. The number of anilines is 1. The van der Waals surface area contributed by atoms with E-state index in [1.165, 1.54) is 10.6 Å². The Labute approximate surface area is 233 Å². The number of carbonyl (C=O) groups is 1. The molecule has 2 aromatic carbocycles. The predicted octanol–water partition coefficient (Wildman–Crippen LogP) is 5.84. The number of fused-ring (bicyclic) bond motifs is 1. The molecule has 2 heterocycles. The average Bonchev–Trinajstić information content (AvgIpc) is 2.93. The maximum Gasteiger partial charge on any atom is 0.310 e. The topological polar surface area (TPSA) is 64.0 Å². The number of benzene rings is 2. The van der Waals surface area contributed by atoms with Gasteiger partial charge in [0, 0.05) is 38.3 Å². The molecule has 0 radical (unpaired) electrons. The van der Waals surface area contributed by atoms with Gasteiger partial charge in [0.05, 0.1) is 33.8 Å². The molecule has 1 fully saturated rings. The van der Waals surface area contributed by atoms with Crippen molar-refractivity contribution in [3.63, 3.8) is 0 Å². The molecule has 1 aliphatic rings. The Morgan fingerprint density at radius 3 is 2.55 bits per heavy atom. The number of nitrogens with zero attached hydrogens (tertiary/aromatic N) is 3. The zero-order valence-corrected chi connectivity index (χ0v) is 23.5. The third-order valence-corrected chi connectivity index (χ3v) is 7.91. The van der Waals surface area contributed by atoms with Crippen LogP contribution in [-0.2, 0) is 16.3 Å². The van der Waals surface area contributed by atoms with Gasteiger partial charge in [-0.1, -0.05) is 43.1 Å². The van der Waals surface area contributed by atoms with Crippen LogP contribution in [0.2, 0.25) is 10.0 Å². The first-order valence-corrected chi connectivity index (χ1v) is 14.0. The van der Waals surface area contributed by atoms with E-state index in [4.69, 9.17) is 32.7 Å². The lowest BCUT2D eigenvalue weighted by Gasteiger charge is -2.36. The lowest BCUT2D eigenvalue weighted by atomic mass is 10.1. The molecule has 38 heavy (non-hydrogen) atoms. The van der Waals surface area contributed by atoms with Crippen molar-refractivity contribution in [2.45, 2.75) is 39.8 Å². The van der Waals surface area contributed by atoms with Gasteiger partial charge < -0.3 is 14.4 Å². The molecule has 204 valence electrons. The number of unbranched alkanes of at least 4 members (excludes halogenated alkanes) is 1. The highest BCUT2D eigenvalue weighted by molar-refractivity contribution is 6.43. The zero-order chi connectivity index (χ0) is 27.1. The summed E-state index contributed by atoms with van der Waals surface area (Å²) in [6.45, 7) is 9.03. The van der Waals surface area contributed by atoms with Crippen molar-refractivity contribution in [1.29, 1.82) is 0 Å². The molecule has 3 aromatic rings. The standard InChI is InChI=1S/C29H35Cl2N3O4/c1-3-21(2)29(36)38-20-34-26-19-23(11-9-22(26)10-12-27(34)35)37-18-5-4-13-32-14-16-33(17-15-32)25-8-6-7-24(30)28(25)31/h6-12,19,21H,3-5,13-18,20H2,1-2H3. The van der Waals surface area contributed by atoms with Gasteiger partial charge in [0.15, 0.2) is 6.73 Å². The van der Waals surface area contributed by atoms with E-state index in [0.29, 0.717) is 34.3 Å². The molecule has 4 rings (SSSR count). The molecule has 0 N–H and O–H groups in total. The number of rotatable bonds is 11. The van der Waals surface area contributed by atoms with Crippen LogP contribution in [0.3, 0.4) is 0 Å². The maximum atomic E-state index is 12.5. The smallest absolute Gasteiger partial charge is 0.310 e. The SMILES string of the molecule is CCC(C)C(=O)OCn1c(=O)ccc2ccc(OCCCCN3CCN(c4cccc(Cl)c4Cl)CC3)cc21. The largest absolute Gasteiger partial charge is 0.494 e. The Balaban J connectivity index is 1.24. The third kappa shape index (κ3) is 7.01.